The lowest BCUT2D eigenvalue weighted by Crippen LogP contribution is -2.45. The molecule has 0 amide bonds. The lowest BCUT2D eigenvalue weighted by Gasteiger charge is -2.26. The monoisotopic (exact) mass is 388 g/mol. The maximum absolute atomic E-state index is 13.2. The molecule has 2 aromatic rings. The topological polar surface area (TPSA) is 90.3 Å². The van der Waals surface area contributed by atoms with Gasteiger partial charge in [0.15, 0.2) is 5.78 Å². The van der Waals surface area contributed by atoms with Gasteiger partial charge in [0.05, 0.1) is 13.1 Å². The molecule has 0 bridgehead atoms. The fourth-order valence-corrected chi connectivity index (χ4v) is 3.58. The van der Waals surface area contributed by atoms with E-state index in [-0.39, 0.29) is 42.6 Å². The van der Waals surface area contributed by atoms with Crippen LogP contribution < -0.4 is 17.0 Å². The van der Waals surface area contributed by atoms with Crippen molar-refractivity contribution >= 4 is 11.6 Å². The van der Waals surface area contributed by atoms with Crippen molar-refractivity contribution in [2.24, 2.45) is 0 Å². The molecule has 2 N–H and O–H groups in total. The summed E-state index contributed by atoms with van der Waals surface area (Å²) < 4.78 is 15.4. The van der Waals surface area contributed by atoms with Gasteiger partial charge < -0.3 is 5.73 Å². The van der Waals surface area contributed by atoms with E-state index in [0.717, 1.165) is 36.9 Å². The van der Waals surface area contributed by atoms with Crippen LogP contribution in [0.4, 0.5) is 10.2 Å². The van der Waals surface area contributed by atoms with Gasteiger partial charge in [-0.05, 0) is 50.6 Å². The zero-order valence-corrected chi connectivity index (χ0v) is 16.0. The molecular weight excluding hydrogens is 363 g/mol. The van der Waals surface area contributed by atoms with Crippen molar-refractivity contribution in [3.05, 3.63) is 62.0 Å². The fraction of sp³-hybridized carbons (Fsp3) is 0.450. The molecule has 150 valence electrons. The van der Waals surface area contributed by atoms with Gasteiger partial charge in [0.1, 0.15) is 17.2 Å². The molecule has 1 saturated heterocycles. The summed E-state index contributed by atoms with van der Waals surface area (Å²) >= 11 is 0. The average Bonchev–Trinajstić information content (AvgIpc) is 2.68. The summed E-state index contributed by atoms with van der Waals surface area (Å²) in [6, 6.07) is 5.65. The number of nitrogens with zero attached hydrogens (tertiary/aromatic N) is 3. The molecule has 0 aliphatic carbocycles. The summed E-state index contributed by atoms with van der Waals surface area (Å²) in [5.41, 5.74) is 5.40. The molecule has 0 radical (unpaired) electrons. The van der Waals surface area contributed by atoms with Crippen LogP contribution in [0.2, 0.25) is 0 Å². The van der Waals surface area contributed by atoms with Gasteiger partial charge in [0.25, 0.3) is 5.56 Å². The van der Waals surface area contributed by atoms with E-state index in [0.29, 0.717) is 5.56 Å². The van der Waals surface area contributed by atoms with Crippen LogP contribution in [0.5, 0.6) is 0 Å². The van der Waals surface area contributed by atoms with Gasteiger partial charge in [0.2, 0.25) is 0 Å². The summed E-state index contributed by atoms with van der Waals surface area (Å²) in [6.07, 6.45) is 3.18. The second-order valence-electron chi connectivity index (χ2n) is 7.06. The number of anilines is 1. The third-order valence-corrected chi connectivity index (χ3v) is 5.13. The summed E-state index contributed by atoms with van der Waals surface area (Å²) in [4.78, 5) is 40.4. The van der Waals surface area contributed by atoms with Crippen LogP contribution in [-0.2, 0) is 13.1 Å². The molecule has 1 fully saturated rings. The van der Waals surface area contributed by atoms with Crippen LogP contribution in [-0.4, -0.2) is 39.5 Å². The number of piperidine rings is 1. The molecule has 0 spiro atoms. The molecule has 3 rings (SSSR count). The number of hydrogen-bond acceptors (Lipinski definition) is 5. The summed E-state index contributed by atoms with van der Waals surface area (Å²) in [7, 11) is 0. The van der Waals surface area contributed by atoms with Crippen LogP contribution in [0.1, 0.15) is 42.1 Å². The van der Waals surface area contributed by atoms with Crippen LogP contribution in [0.25, 0.3) is 0 Å². The second-order valence-corrected chi connectivity index (χ2v) is 7.06. The number of Topliss-reactive ketones (excluding diaryl/α,β-unsaturated/α-hetero) is 1. The highest BCUT2D eigenvalue weighted by Gasteiger charge is 2.24. The van der Waals surface area contributed by atoms with Crippen molar-refractivity contribution < 1.29 is 9.18 Å². The van der Waals surface area contributed by atoms with E-state index in [9.17, 15) is 18.8 Å². The Kier molecular flexibility index (Phi) is 6.08. The first kappa shape index (κ1) is 20.0. The van der Waals surface area contributed by atoms with Gasteiger partial charge in [-0.25, -0.2) is 9.18 Å². The Hall–Kier alpha value is -2.74. The number of rotatable bonds is 6. The van der Waals surface area contributed by atoms with E-state index in [1.165, 1.54) is 28.8 Å². The Balaban J connectivity index is 2.01. The van der Waals surface area contributed by atoms with Gasteiger partial charge in [-0.2, -0.15) is 0 Å². The molecule has 1 aromatic carbocycles. The highest BCUT2D eigenvalue weighted by atomic mass is 19.1. The summed E-state index contributed by atoms with van der Waals surface area (Å²) in [6.45, 7) is 3.57. The van der Waals surface area contributed by atoms with Crippen molar-refractivity contribution in [1.82, 2.24) is 14.0 Å². The minimum absolute atomic E-state index is 0.0508. The quantitative estimate of drug-likeness (QED) is 0.757. The van der Waals surface area contributed by atoms with Crippen LogP contribution in [0.15, 0.2) is 33.9 Å². The van der Waals surface area contributed by atoms with Crippen molar-refractivity contribution in [3.8, 4) is 0 Å². The SMILES string of the molecule is CCn1c(=O)c(C(=O)CN2CCCCC2)c(N)n(Cc2ccc(F)cc2)c1=O. The lowest BCUT2D eigenvalue weighted by atomic mass is 10.1. The highest BCUT2D eigenvalue weighted by molar-refractivity contribution is 6.01. The van der Waals surface area contributed by atoms with E-state index in [1.54, 1.807) is 6.92 Å². The number of nitrogens with two attached hydrogens (primary N) is 1. The van der Waals surface area contributed by atoms with Gasteiger partial charge in [-0.3, -0.25) is 23.6 Å². The molecule has 8 heteroatoms. The molecule has 2 heterocycles. The van der Waals surface area contributed by atoms with Crippen molar-refractivity contribution in [2.75, 3.05) is 25.4 Å². The number of ketones is 1. The number of halogens is 1. The molecule has 0 atom stereocenters. The van der Waals surface area contributed by atoms with Gasteiger partial charge in [-0.15, -0.1) is 0 Å². The van der Waals surface area contributed by atoms with Gasteiger partial charge >= 0.3 is 5.69 Å². The first-order valence-corrected chi connectivity index (χ1v) is 9.55. The Morgan fingerprint density at radius 3 is 2.32 bits per heavy atom. The fourth-order valence-electron chi connectivity index (χ4n) is 3.58. The van der Waals surface area contributed by atoms with E-state index in [1.807, 2.05) is 4.90 Å². The molecule has 1 aliphatic rings. The summed E-state index contributed by atoms with van der Waals surface area (Å²) in [5, 5.41) is 0. The predicted octanol–water partition coefficient (Wildman–Crippen LogP) is 1.47. The number of hydrogen-bond donors (Lipinski definition) is 1. The number of likely N-dealkylation sites (tertiary alicyclic amines) is 1. The van der Waals surface area contributed by atoms with Gasteiger partial charge in [-0.1, -0.05) is 18.6 Å². The number of carbonyl (C=O) groups is 1. The molecule has 7 nitrogen and oxygen atoms in total. The first-order chi connectivity index (χ1) is 13.4. The summed E-state index contributed by atoms with van der Waals surface area (Å²) in [5.74, 6) is -0.898. The highest BCUT2D eigenvalue weighted by Crippen LogP contribution is 2.13. The largest absolute Gasteiger partial charge is 0.384 e. The first-order valence-electron chi connectivity index (χ1n) is 9.55. The molecule has 1 aromatic heterocycles. The zero-order valence-electron chi connectivity index (χ0n) is 16.0. The number of nitrogen functional groups attached to an aromatic ring is 1. The lowest BCUT2D eigenvalue weighted by molar-refractivity contribution is 0.0913. The van der Waals surface area contributed by atoms with E-state index >= 15 is 0 Å². The predicted molar refractivity (Wildman–Crippen MR) is 105 cm³/mol. The Labute approximate surface area is 162 Å². The normalized spacial score (nSPS) is 14.9. The minimum Gasteiger partial charge on any atom is -0.384 e. The smallest absolute Gasteiger partial charge is 0.332 e. The second kappa shape index (κ2) is 8.52. The van der Waals surface area contributed by atoms with Crippen molar-refractivity contribution in [2.45, 2.75) is 39.3 Å². The molecule has 0 saturated carbocycles. The maximum Gasteiger partial charge on any atom is 0.332 e. The van der Waals surface area contributed by atoms with Gasteiger partial charge in [0, 0.05) is 6.54 Å². The third-order valence-electron chi connectivity index (χ3n) is 5.13. The molecule has 1 aliphatic heterocycles. The van der Waals surface area contributed by atoms with Crippen LogP contribution in [0.3, 0.4) is 0 Å². The van der Waals surface area contributed by atoms with E-state index in [4.69, 9.17) is 5.73 Å². The molecule has 28 heavy (non-hydrogen) atoms. The Morgan fingerprint density at radius 2 is 1.71 bits per heavy atom. The Bertz CT molecular complexity index is 973. The third kappa shape index (κ3) is 4.06. The minimum atomic E-state index is -0.651. The van der Waals surface area contributed by atoms with Crippen LogP contribution in [0, 0.1) is 5.82 Å². The molecule has 0 unspecified atom stereocenters. The number of benzene rings is 1. The van der Waals surface area contributed by atoms with Crippen LogP contribution >= 0.6 is 0 Å². The maximum atomic E-state index is 13.2. The van der Waals surface area contributed by atoms with Crippen molar-refractivity contribution in [1.29, 1.82) is 0 Å². The van der Waals surface area contributed by atoms with E-state index in [2.05, 4.69) is 0 Å². The van der Waals surface area contributed by atoms with Crippen molar-refractivity contribution in [3.63, 3.8) is 0 Å². The Morgan fingerprint density at radius 1 is 1.07 bits per heavy atom. The zero-order chi connectivity index (χ0) is 20.3. The molecular formula is C20H25FN4O3. The number of aromatic nitrogens is 2. The standard InChI is InChI=1S/C20H25FN4O3/c1-2-24-19(27)17(16(26)13-23-10-4-3-5-11-23)18(22)25(20(24)28)12-14-6-8-15(21)9-7-14/h6-9H,2-5,10-13,22H2,1H3. The van der Waals surface area contributed by atoms with E-state index < -0.39 is 11.2 Å². The number of carbonyl (C=O) groups excluding carboxylic acids is 1. The average molecular weight is 388 g/mol.